The van der Waals surface area contributed by atoms with Gasteiger partial charge in [-0.2, -0.15) is 5.10 Å². The lowest BCUT2D eigenvalue weighted by Gasteiger charge is -2.08. The molecule has 102 valence electrons. The number of nitrogens with one attached hydrogen (secondary N) is 2. The summed E-state index contributed by atoms with van der Waals surface area (Å²) in [6.07, 6.45) is 1.85. The van der Waals surface area contributed by atoms with Crippen molar-refractivity contribution in [3.63, 3.8) is 0 Å². The SMILES string of the molecule is Cc1ccc(S(=O)(=O)NCCc2ncn[nH]2)c(Br)c1. The number of nitrogens with zero attached hydrogens (tertiary/aromatic N) is 2. The first kappa shape index (κ1) is 14.2. The molecule has 0 fully saturated rings. The van der Waals surface area contributed by atoms with Crippen molar-refractivity contribution < 1.29 is 8.42 Å². The number of hydrogen-bond donors (Lipinski definition) is 2. The van der Waals surface area contributed by atoms with E-state index in [2.05, 4.69) is 35.8 Å². The molecule has 0 amide bonds. The van der Waals surface area contributed by atoms with Crippen molar-refractivity contribution in [3.8, 4) is 0 Å². The molecule has 19 heavy (non-hydrogen) atoms. The van der Waals surface area contributed by atoms with E-state index in [1.54, 1.807) is 18.2 Å². The highest BCUT2D eigenvalue weighted by molar-refractivity contribution is 9.10. The van der Waals surface area contributed by atoms with Gasteiger partial charge < -0.3 is 0 Å². The summed E-state index contributed by atoms with van der Waals surface area (Å²) in [4.78, 5) is 4.16. The van der Waals surface area contributed by atoms with Crippen LogP contribution in [0, 0.1) is 6.92 Å². The first-order valence-corrected chi connectivity index (χ1v) is 7.87. The molecule has 0 bridgehead atoms. The van der Waals surface area contributed by atoms with Crippen molar-refractivity contribution in [2.75, 3.05) is 6.54 Å². The molecule has 0 spiro atoms. The maximum Gasteiger partial charge on any atom is 0.241 e. The summed E-state index contributed by atoms with van der Waals surface area (Å²) < 4.78 is 27.3. The second kappa shape index (κ2) is 5.81. The Kier molecular flexibility index (Phi) is 4.33. The molecule has 1 heterocycles. The highest BCUT2D eigenvalue weighted by Crippen LogP contribution is 2.22. The van der Waals surface area contributed by atoms with Gasteiger partial charge in [0.15, 0.2) is 0 Å². The van der Waals surface area contributed by atoms with Crippen LogP contribution in [0.1, 0.15) is 11.4 Å². The van der Waals surface area contributed by atoms with E-state index in [1.807, 2.05) is 6.92 Å². The summed E-state index contributed by atoms with van der Waals surface area (Å²) in [5.74, 6) is 0.644. The molecule has 8 heteroatoms. The third kappa shape index (κ3) is 3.62. The average molecular weight is 345 g/mol. The van der Waals surface area contributed by atoms with Crippen LogP contribution in [0.5, 0.6) is 0 Å². The molecule has 0 aliphatic carbocycles. The van der Waals surface area contributed by atoms with Crippen molar-refractivity contribution in [3.05, 3.63) is 40.4 Å². The molecule has 1 aromatic heterocycles. The van der Waals surface area contributed by atoms with E-state index in [1.165, 1.54) is 6.33 Å². The number of H-pyrrole nitrogens is 1. The molecule has 0 saturated carbocycles. The maximum absolute atomic E-state index is 12.1. The van der Waals surface area contributed by atoms with Gasteiger partial charge in [0.1, 0.15) is 12.2 Å². The second-order valence-electron chi connectivity index (χ2n) is 4.01. The minimum atomic E-state index is -3.52. The van der Waals surface area contributed by atoms with Crippen LogP contribution >= 0.6 is 15.9 Å². The maximum atomic E-state index is 12.1. The zero-order valence-electron chi connectivity index (χ0n) is 10.2. The lowest BCUT2D eigenvalue weighted by Crippen LogP contribution is -2.26. The van der Waals surface area contributed by atoms with Gasteiger partial charge in [-0.15, -0.1) is 0 Å². The van der Waals surface area contributed by atoms with E-state index >= 15 is 0 Å². The molecule has 2 N–H and O–H groups in total. The van der Waals surface area contributed by atoms with Gasteiger partial charge in [-0.3, -0.25) is 5.10 Å². The van der Waals surface area contributed by atoms with Crippen molar-refractivity contribution >= 4 is 26.0 Å². The predicted molar refractivity (Wildman–Crippen MR) is 74.2 cm³/mol. The number of halogens is 1. The van der Waals surface area contributed by atoms with Gasteiger partial charge in [0.05, 0.1) is 4.90 Å². The third-order valence-electron chi connectivity index (χ3n) is 2.50. The Bertz CT molecular complexity index is 655. The van der Waals surface area contributed by atoms with Crippen LogP contribution in [-0.2, 0) is 16.4 Å². The first-order valence-electron chi connectivity index (χ1n) is 5.59. The minimum absolute atomic E-state index is 0.232. The number of rotatable bonds is 5. The Hall–Kier alpha value is -1.25. The smallest absolute Gasteiger partial charge is 0.241 e. The van der Waals surface area contributed by atoms with Gasteiger partial charge in [0.25, 0.3) is 0 Å². The molecule has 2 rings (SSSR count). The monoisotopic (exact) mass is 344 g/mol. The molecule has 0 saturated heterocycles. The summed E-state index contributed by atoms with van der Waals surface area (Å²) in [6, 6.07) is 5.11. The Balaban J connectivity index is 2.05. The van der Waals surface area contributed by atoms with Crippen LogP contribution in [0.2, 0.25) is 0 Å². The molecule has 0 aliphatic rings. The van der Waals surface area contributed by atoms with Crippen LogP contribution in [0.3, 0.4) is 0 Å². The Morgan fingerprint density at radius 2 is 2.21 bits per heavy atom. The minimum Gasteiger partial charge on any atom is -0.263 e. The van der Waals surface area contributed by atoms with Crippen molar-refractivity contribution in [1.29, 1.82) is 0 Å². The predicted octanol–water partition coefficient (Wildman–Crippen LogP) is 1.40. The van der Waals surface area contributed by atoms with Crippen molar-refractivity contribution in [2.24, 2.45) is 0 Å². The van der Waals surface area contributed by atoms with E-state index in [9.17, 15) is 8.42 Å². The highest BCUT2D eigenvalue weighted by atomic mass is 79.9. The van der Waals surface area contributed by atoms with Gasteiger partial charge >= 0.3 is 0 Å². The summed E-state index contributed by atoms with van der Waals surface area (Å²) in [5.41, 5.74) is 0.993. The van der Waals surface area contributed by atoms with Crippen LogP contribution < -0.4 is 4.72 Å². The summed E-state index contributed by atoms with van der Waals surface area (Å²) in [6.45, 7) is 2.16. The number of hydrogen-bond acceptors (Lipinski definition) is 4. The van der Waals surface area contributed by atoms with E-state index < -0.39 is 10.0 Å². The molecule has 2 aromatic rings. The molecule has 0 radical (unpaired) electrons. The largest absolute Gasteiger partial charge is 0.263 e. The van der Waals surface area contributed by atoms with E-state index in [0.717, 1.165) is 5.56 Å². The van der Waals surface area contributed by atoms with Gasteiger partial charge in [0.2, 0.25) is 10.0 Å². The quantitative estimate of drug-likeness (QED) is 0.857. The van der Waals surface area contributed by atoms with E-state index in [-0.39, 0.29) is 11.4 Å². The standard InChI is InChI=1S/C11H13BrN4O2S/c1-8-2-3-10(9(12)6-8)19(17,18)15-5-4-11-13-7-14-16-11/h2-3,6-7,15H,4-5H2,1H3,(H,13,14,16). The molecular formula is C11H13BrN4O2S. The molecule has 1 aromatic carbocycles. The van der Waals surface area contributed by atoms with Gasteiger partial charge in [-0.25, -0.2) is 18.1 Å². The summed E-state index contributed by atoms with van der Waals surface area (Å²) in [5, 5.41) is 6.38. The number of aryl methyl sites for hydroxylation is 1. The van der Waals surface area contributed by atoms with Crippen LogP contribution in [0.15, 0.2) is 33.9 Å². The fraction of sp³-hybridized carbons (Fsp3) is 0.273. The Labute approximate surface area is 119 Å². The second-order valence-corrected chi connectivity index (χ2v) is 6.60. The lowest BCUT2D eigenvalue weighted by molar-refractivity contribution is 0.580. The van der Waals surface area contributed by atoms with Crippen molar-refractivity contribution in [1.82, 2.24) is 19.9 Å². The number of aromatic nitrogens is 3. The van der Waals surface area contributed by atoms with Crippen LogP contribution in [-0.4, -0.2) is 30.1 Å². The number of aromatic amines is 1. The normalized spacial score (nSPS) is 11.7. The molecule has 6 nitrogen and oxygen atoms in total. The molecule has 0 unspecified atom stereocenters. The lowest BCUT2D eigenvalue weighted by atomic mass is 10.2. The molecule has 0 aliphatic heterocycles. The Morgan fingerprint density at radius 1 is 1.42 bits per heavy atom. The van der Waals surface area contributed by atoms with E-state index in [4.69, 9.17) is 0 Å². The zero-order valence-corrected chi connectivity index (χ0v) is 12.6. The van der Waals surface area contributed by atoms with Crippen molar-refractivity contribution in [2.45, 2.75) is 18.2 Å². The zero-order chi connectivity index (χ0) is 13.9. The average Bonchev–Trinajstić information content (AvgIpc) is 2.81. The highest BCUT2D eigenvalue weighted by Gasteiger charge is 2.17. The summed E-state index contributed by atoms with van der Waals surface area (Å²) in [7, 11) is -3.52. The van der Waals surface area contributed by atoms with Gasteiger partial charge in [-0.05, 0) is 40.5 Å². The Morgan fingerprint density at radius 3 is 2.84 bits per heavy atom. The topological polar surface area (TPSA) is 87.7 Å². The third-order valence-corrected chi connectivity index (χ3v) is 4.93. The fourth-order valence-electron chi connectivity index (χ4n) is 1.56. The summed E-state index contributed by atoms with van der Waals surface area (Å²) >= 11 is 3.27. The van der Waals surface area contributed by atoms with Crippen LogP contribution in [0.25, 0.3) is 0 Å². The molecular weight excluding hydrogens is 332 g/mol. The fourth-order valence-corrected chi connectivity index (χ4v) is 3.78. The number of sulfonamides is 1. The van der Waals surface area contributed by atoms with Gasteiger partial charge in [-0.1, -0.05) is 6.07 Å². The first-order chi connectivity index (χ1) is 8.99. The molecule has 0 atom stereocenters. The van der Waals surface area contributed by atoms with E-state index in [0.29, 0.717) is 16.7 Å². The number of benzene rings is 1. The van der Waals surface area contributed by atoms with Crippen LogP contribution in [0.4, 0.5) is 0 Å². The van der Waals surface area contributed by atoms with Gasteiger partial charge in [0, 0.05) is 17.4 Å².